The number of hydrogen-bond acceptors (Lipinski definition) is 5. The van der Waals surface area contributed by atoms with Crippen molar-refractivity contribution >= 4 is 57.1 Å². The summed E-state index contributed by atoms with van der Waals surface area (Å²) in [5.74, 6) is 0.246. The van der Waals surface area contributed by atoms with E-state index in [2.05, 4.69) is 16.4 Å². The van der Waals surface area contributed by atoms with Crippen LogP contribution < -0.4 is 10.1 Å². The van der Waals surface area contributed by atoms with E-state index in [1.807, 2.05) is 42.7 Å². The smallest absolute Gasteiger partial charge is 0.263 e. The van der Waals surface area contributed by atoms with Gasteiger partial charge < -0.3 is 14.6 Å². The highest BCUT2D eigenvalue weighted by molar-refractivity contribution is 6.35. The number of amides is 1. The third kappa shape index (κ3) is 4.07. The Morgan fingerprint density at radius 2 is 1.94 bits per heavy atom. The Bertz CT molecular complexity index is 1380. The Labute approximate surface area is 194 Å². The Balaban J connectivity index is 1.72. The van der Waals surface area contributed by atoms with E-state index in [9.17, 15) is 10.1 Å². The van der Waals surface area contributed by atoms with Gasteiger partial charge in [-0.05, 0) is 43.7 Å². The highest BCUT2D eigenvalue weighted by Gasteiger charge is 2.24. The average molecular weight is 468 g/mol. The molecule has 2 heterocycles. The largest absolute Gasteiger partial charge is 0.482 e. The predicted octanol–water partition coefficient (Wildman–Crippen LogP) is 5.75. The molecule has 1 amide bonds. The quantitative estimate of drug-likeness (QED) is 0.389. The number of rotatable bonds is 6. The molecule has 2 aromatic heterocycles. The standard InChI is InChI=1S/C23H19Cl2N5O2/c1-3-13(2)30-22(29-20(31)12-32-19-9-8-14(24)10-16(19)25)15(11-26)21-23(30)28-18-7-5-4-6-17(18)27-21/h4-10,13H,3,12H2,1-2H3,(H,29,31)/t13-/m1/s1. The van der Waals surface area contributed by atoms with E-state index in [0.29, 0.717) is 43.8 Å². The van der Waals surface area contributed by atoms with E-state index in [1.165, 1.54) is 6.07 Å². The van der Waals surface area contributed by atoms with Crippen molar-refractivity contribution in [1.82, 2.24) is 14.5 Å². The lowest BCUT2D eigenvalue weighted by atomic mass is 10.2. The summed E-state index contributed by atoms with van der Waals surface area (Å²) in [4.78, 5) is 22.1. The summed E-state index contributed by atoms with van der Waals surface area (Å²) in [6.45, 7) is 3.72. The lowest BCUT2D eigenvalue weighted by molar-refractivity contribution is -0.118. The van der Waals surface area contributed by atoms with Gasteiger partial charge in [-0.2, -0.15) is 5.26 Å². The van der Waals surface area contributed by atoms with E-state index in [1.54, 1.807) is 12.1 Å². The Morgan fingerprint density at radius 1 is 1.22 bits per heavy atom. The fourth-order valence-corrected chi connectivity index (χ4v) is 3.87. The first-order chi connectivity index (χ1) is 15.4. The van der Waals surface area contributed by atoms with Crippen molar-refractivity contribution in [3.05, 3.63) is 58.1 Å². The second-order valence-electron chi connectivity index (χ2n) is 7.26. The number of carbonyl (C=O) groups excluding carboxylic acids is 1. The number of anilines is 1. The lowest BCUT2D eigenvalue weighted by Crippen LogP contribution is -2.23. The van der Waals surface area contributed by atoms with Crippen molar-refractivity contribution in [2.45, 2.75) is 26.3 Å². The fraction of sp³-hybridized carbons (Fsp3) is 0.217. The van der Waals surface area contributed by atoms with Crippen LogP contribution in [0.5, 0.6) is 5.75 Å². The number of aromatic nitrogens is 3. The minimum absolute atomic E-state index is 0.0306. The summed E-state index contributed by atoms with van der Waals surface area (Å²) < 4.78 is 7.38. The van der Waals surface area contributed by atoms with Crippen LogP contribution in [-0.2, 0) is 4.79 Å². The van der Waals surface area contributed by atoms with Crippen LogP contribution in [0.25, 0.3) is 22.2 Å². The molecule has 0 aliphatic rings. The highest BCUT2D eigenvalue weighted by atomic mass is 35.5. The van der Waals surface area contributed by atoms with Gasteiger partial charge in [-0.25, -0.2) is 9.97 Å². The minimum atomic E-state index is -0.440. The molecular weight excluding hydrogens is 449 g/mol. The molecule has 0 bridgehead atoms. The van der Waals surface area contributed by atoms with Gasteiger partial charge in [-0.1, -0.05) is 42.3 Å². The van der Waals surface area contributed by atoms with Gasteiger partial charge in [0.05, 0.1) is 16.1 Å². The van der Waals surface area contributed by atoms with Crippen molar-refractivity contribution in [3.63, 3.8) is 0 Å². The summed E-state index contributed by atoms with van der Waals surface area (Å²) in [7, 11) is 0. The van der Waals surface area contributed by atoms with Gasteiger partial charge in [-0.3, -0.25) is 4.79 Å². The number of carbonyl (C=O) groups is 1. The molecule has 0 fully saturated rings. The van der Waals surface area contributed by atoms with Gasteiger partial charge in [-0.15, -0.1) is 0 Å². The normalized spacial score (nSPS) is 12.0. The van der Waals surface area contributed by atoms with E-state index < -0.39 is 5.91 Å². The maximum atomic E-state index is 12.7. The minimum Gasteiger partial charge on any atom is -0.482 e. The SMILES string of the molecule is CC[C@@H](C)n1c(NC(=O)COc2ccc(Cl)cc2Cl)c(C#N)c2nc3ccccc3nc21. The first-order valence-corrected chi connectivity index (χ1v) is 10.8. The second-order valence-corrected chi connectivity index (χ2v) is 8.10. The summed E-state index contributed by atoms with van der Waals surface area (Å²) in [5.41, 5.74) is 2.65. The third-order valence-corrected chi connectivity index (χ3v) is 5.68. The Hall–Kier alpha value is -3.34. The van der Waals surface area contributed by atoms with Crippen LogP contribution in [-0.4, -0.2) is 27.0 Å². The molecule has 0 unspecified atom stereocenters. The molecule has 32 heavy (non-hydrogen) atoms. The molecule has 0 spiro atoms. The number of nitrogens with zero attached hydrogens (tertiary/aromatic N) is 4. The fourth-order valence-electron chi connectivity index (χ4n) is 3.41. The van der Waals surface area contributed by atoms with Crippen molar-refractivity contribution in [1.29, 1.82) is 5.26 Å². The van der Waals surface area contributed by atoms with E-state index >= 15 is 0 Å². The van der Waals surface area contributed by atoms with Crippen molar-refractivity contribution in [2.24, 2.45) is 0 Å². The van der Waals surface area contributed by atoms with Crippen LogP contribution >= 0.6 is 23.2 Å². The van der Waals surface area contributed by atoms with Crippen LogP contribution in [0.1, 0.15) is 31.9 Å². The number of nitrogens with one attached hydrogen (secondary N) is 1. The van der Waals surface area contributed by atoms with Crippen LogP contribution in [0.4, 0.5) is 5.82 Å². The van der Waals surface area contributed by atoms with Gasteiger partial charge >= 0.3 is 0 Å². The maximum absolute atomic E-state index is 12.7. The van der Waals surface area contributed by atoms with Crippen molar-refractivity contribution in [2.75, 3.05) is 11.9 Å². The number of halogens is 2. The number of nitriles is 1. The number of hydrogen-bond donors (Lipinski definition) is 1. The molecule has 0 aliphatic carbocycles. The molecule has 0 saturated carbocycles. The molecular formula is C23H19Cl2N5O2. The molecule has 0 saturated heterocycles. The van der Waals surface area contributed by atoms with Gasteiger partial charge in [0.15, 0.2) is 12.3 Å². The van der Waals surface area contributed by atoms with Gasteiger partial charge in [0.1, 0.15) is 28.7 Å². The topological polar surface area (TPSA) is 92.8 Å². The first kappa shape index (κ1) is 21.9. The van der Waals surface area contributed by atoms with Crippen molar-refractivity contribution < 1.29 is 9.53 Å². The number of para-hydroxylation sites is 2. The molecule has 1 N–H and O–H groups in total. The number of benzene rings is 2. The molecule has 1 atom stereocenters. The molecule has 4 rings (SSSR count). The Kier molecular flexibility index (Phi) is 6.17. The van der Waals surface area contributed by atoms with Crippen LogP contribution in [0, 0.1) is 11.3 Å². The molecule has 2 aromatic carbocycles. The van der Waals surface area contributed by atoms with E-state index in [-0.39, 0.29) is 18.2 Å². The molecule has 7 nitrogen and oxygen atoms in total. The zero-order valence-corrected chi connectivity index (χ0v) is 18.9. The van der Waals surface area contributed by atoms with E-state index in [0.717, 1.165) is 6.42 Å². The first-order valence-electron chi connectivity index (χ1n) is 10.0. The third-order valence-electron chi connectivity index (χ3n) is 5.15. The summed E-state index contributed by atoms with van der Waals surface area (Å²) in [5, 5.41) is 13.5. The highest BCUT2D eigenvalue weighted by Crippen LogP contribution is 2.33. The number of ether oxygens (including phenoxy) is 1. The zero-order valence-electron chi connectivity index (χ0n) is 17.4. The molecule has 0 radical (unpaired) electrons. The lowest BCUT2D eigenvalue weighted by Gasteiger charge is -2.17. The van der Waals surface area contributed by atoms with E-state index in [4.69, 9.17) is 32.9 Å². The molecule has 0 aliphatic heterocycles. The summed E-state index contributed by atoms with van der Waals surface area (Å²) in [6, 6.07) is 14.3. The zero-order chi connectivity index (χ0) is 22.8. The van der Waals surface area contributed by atoms with Crippen LogP contribution in [0.15, 0.2) is 42.5 Å². The Morgan fingerprint density at radius 3 is 2.59 bits per heavy atom. The van der Waals surface area contributed by atoms with Gasteiger partial charge in [0.25, 0.3) is 5.91 Å². The maximum Gasteiger partial charge on any atom is 0.263 e. The molecule has 9 heteroatoms. The average Bonchev–Trinajstić information content (AvgIpc) is 3.08. The summed E-state index contributed by atoms with van der Waals surface area (Å²) in [6.07, 6.45) is 0.767. The number of fused-ring (bicyclic) bond motifs is 2. The summed E-state index contributed by atoms with van der Waals surface area (Å²) >= 11 is 12.0. The predicted molar refractivity (Wildman–Crippen MR) is 125 cm³/mol. The monoisotopic (exact) mass is 467 g/mol. The molecule has 4 aromatic rings. The van der Waals surface area contributed by atoms with Crippen LogP contribution in [0.2, 0.25) is 10.0 Å². The molecule has 162 valence electrons. The van der Waals surface area contributed by atoms with Crippen LogP contribution in [0.3, 0.4) is 0 Å². The van der Waals surface area contributed by atoms with Crippen molar-refractivity contribution in [3.8, 4) is 11.8 Å². The second kappa shape index (κ2) is 9.03. The van der Waals surface area contributed by atoms with Gasteiger partial charge in [0.2, 0.25) is 0 Å². The van der Waals surface area contributed by atoms with Gasteiger partial charge in [0, 0.05) is 11.1 Å².